The predicted molar refractivity (Wildman–Crippen MR) is 140 cm³/mol. The third-order valence-corrected chi connectivity index (χ3v) is 7.63. The third kappa shape index (κ3) is 5.98. The molecule has 2 aliphatic rings. The molecule has 7 heteroatoms. The molecule has 34 heavy (non-hydrogen) atoms. The van der Waals surface area contributed by atoms with Gasteiger partial charge in [0.25, 0.3) is 0 Å². The fourth-order valence-electron chi connectivity index (χ4n) is 4.27. The summed E-state index contributed by atoms with van der Waals surface area (Å²) in [4.78, 5) is 33.8. The molecule has 0 radical (unpaired) electrons. The summed E-state index contributed by atoms with van der Waals surface area (Å²) in [5.41, 5.74) is 4.83. The Morgan fingerprint density at radius 1 is 0.794 bits per heavy atom. The van der Waals surface area contributed by atoms with Gasteiger partial charge in [0.2, 0.25) is 0 Å². The molecule has 2 fully saturated rings. The Bertz CT molecular complexity index is 1080. The highest BCUT2D eigenvalue weighted by Gasteiger charge is 2.27. The van der Waals surface area contributed by atoms with Gasteiger partial charge < -0.3 is 14.9 Å². The lowest BCUT2D eigenvalue weighted by molar-refractivity contribution is 0.0597. The number of esters is 1. The van der Waals surface area contributed by atoms with E-state index < -0.39 is 17.9 Å². The van der Waals surface area contributed by atoms with Gasteiger partial charge in [-0.2, -0.15) is 0 Å². The number of carbonyl (C=O) groups is 3. The van der Waals surface area contributed by atoms with Crippen molar-refractivity contribution in [1.82, 2.24) is 0 Å². The quantitative estimate of drug-likeness (QED) is 0.293. The molecule has 0 aliphatic heterocycles. The lowest BCUT2D eigenvalue weighted by atomic mass is 9.77. The van der Waals surface area contributed by atoms with Crippen LogP contribution < -0.4 is 0 Å². The summed E-state index contributed by atoms with van der Waals surface area (Å²) in [6.45, 7) is 3.63. The van der Waals surface area contributed by atoms with Gasteiger partial charge in [-0.1, -0.05) is 32.4 Å². The van der Waals surface area contributed by atoms with Crippen LogP contribution in [0.5, 0.6) is 0 Å². The minimum atomic E-state index is -1.02. The van der Waals surface area contributed by atoms with Gasteiger partial charge in [0.05, 0.1) is 23.8 Å². The van der Waals surface area contributed by atoms with E-state index in [1.165, 1.54) is 38.0 Å². The van der Waals surface area contributed by atoms with Crippen LogP contribution in [0.2, 0.25) is 0 Å². The average Bonchev–Trinajstić information content (AvgIpc) is 2.67. The molecule has 4 rings (SSSR count). The van der Waals surface area contributed by atoms with Crippen molar-refractivity contribution >= 4 is 40.5 Å². The Kier molecular flexibility index (Phi) is 9.67. The van der Waals surface area contributed by atoms with E-state index in [9.17, 15) is 14.4 Å². The fourth-order valence-corrected chi connectivity index (χ4v) is 5.18. The molecule has 0 spiro atoms. The molecule has 2 aromatic carbocycles. The van der Waals surface area contributed by atoms with Crippen LogP contribution in [0.3, 0.4) is 0 Å². The summed E-state index contributed by atoms with van der Waals surface area (Å²) < 4.78 is 5.84. The van der Waals surface area contributed by atoms with Crippen LogP contribution in [0, 0.1) is 17.4 Å². The Balaban J connectivity index is 0.000000237. The van der Waals surface area contributed by atoms with Crippen LogP contribution in [0.25, 0.3) is 0 Å². The molecule has 0 unspecified atom stereocenters. The molecular weight excluding hydrogens is 547 g/mol. The van der Waals surface area contributed by atoms with Crippen molar-refractivity contribution < 1.29 is 29.3 Å². The van der Waals surface area contributed by atoms with Crippen molar-refractivity contribution in [1.29, 1.82) is 0 Å². The maximum atomic E-state index is 11.7. The number of ether oxygens (including phenoxy) is 1. The minimum Gasteiger partial charge on any atom is -0.478 e. The topological polar surface area (TPSA) is 101 Å². The van der Waals surface area contributed by atoms with E-state index in [-0.39, 0.29) is 13.0 Å². The standard InChI is InChI=1S/C14H16O4.C12H13IO2.CH4/c1-8-6-11(9-4-3-5-9)12(14(17)18-2)7-10(8)13(15)16;1-7-5-10(8-3-2-4-8)11(13)6-9(7)12(14)15;/h6-7,9H,3-5H2,1-2H3,(H,15,16);5-6,8H,2-4H2,1H3,(H,14,15);1H4. The van der Waals surface area contributed by atoms with Gasteiger partial charge in [-0.25, -0.2) is 14.4 Å². The van der Waals surface area contributed by atoms with E-state index in [2.05, 4.69) is 28.7 Å². The molecule has 2 aliphatic carbocycles. The zero-order valence-corrected chi connectivity index (χ0v) is 21.3. The normalized spacial score (nSPS) is 15.1. The number of aryl methyl sites for hydroxylation is 2. The first-order chi connectivity index (χ1) is 15.6. The van der Waals surface area contributed by atoms with Crippen molar-refractivity contribution in [2.45, 2.75) is 71.6 Å². The van der Waals surface area contributed by atoms with E-state index >= 15 is 0 Å². The summed E-state index contributed by atoms with van der Waals surface area (Å²) >= 11 is 2.25. The third-order valence-electron chi connectivity index (χ3n) is 6.70. The van der Waals surface area contributed by atoms with Crippen LogP contribution >= 0.6 is 22.6 Å². The molecule has 184 valence electrons. The lowest BCUT2D eigenvalue weighted by Crippen LogP contribution is -2.16. The van der Waals surface area contributed by atoms with Crippen molar-refractivity contribution in [3.05, 3.63) is 66.8 Å². The molecule has 0 bridgehead atoms. The highest BCUT2D eigenvalue weighted by molar-refractivity contribution is 14.1. The Morgan fingerprint density at radius 2 is 1.24 bits per heavy atom. The zero-order chi connectivity index (χ0) is 24.3. The van der Waals surface area contributed by atoms with Gasteiger partial charge in [0, 0.05) is 3.57 Å². The molecule has 0 atom stereocenters. The molecular formula is C27H33IO6. The van der Waals surface area contributed by atoms with E-state index in [0.29, 0.717) is 28.5 Å². The van der Waals surface area contributed by atoms with Gasteiger partial charge >= 0.3 is 17.9 Å². The van der Waals surface area contributed by atoms with Gasteiger partial charge in [-0.15, -0.1) is 0 Å². The number of methoxy groups -OCH3 is 1. The first-order valence-electron chi connectivity index (χ1n) is 11.1. The Hall–Kier alpha value is -2.42. The van der Waals surface area contributed by atoms with Crippen LogP contribution in [0.1, 0.15) is 111 Å². The number of carboxylic acid groups (broad SMARTS) is 2. The number of halogens is 1. The molecule has 6 nitrogen and oxygen atoms in total. The number of carboxylic acids is 2. The van der Waals surface area contributed by atoms with Crippen molar-refractivity contribution in [2.24, 2.45) is 0 Å². The summed E-state index contributed by atoms with van der Waals surface area (Å²) in [5.74, 6) is -1.28. The highest BCUT2D eigenvalue weighted by Crippen LogP contribution is 2.40. The van der Waals surface area contributed by atoms with Gasteiger partial charge in [-0.05, 0) is 108 Å². The first kappa shape index (κ1) is 27.8. The van der Waals surface area contributed by atoms with Gasteiger partial charge in [0.15, 0.2) is 0 Å². The zero-order valence-electron chi connectivity index (χ0n) is 19.1. The Labute approximate surface area is 214 Å². The first-order valence-corrected chi connectivity index (χ1v) is 12.2. The second kappa shape index (κ2) is 11.8. The molecule has 2 saturated carbocycles. The Morgan fingerprint density at radius 3 is 1.65 bits per heavy atom. The van der Waals surface area contributed by atoms with Gasteiger partial charge in [-0.3, -0.25) is 0 Å². The second-order valence-corrected chi connectivity index (χ2v) is 9.96. The summed E-state index contributed by atoms with van der Waals surface area (Å²) in [6, 6.07) is 7.11. The van der Waals surface area contributed by atoms with Crippen LogP contribution in [0.4, 0.5) is 0 Å². The fraction of sp³-hybridized carbons (Fsp3) is 0.444. The van der Waals surface area contributed by atoms with Crippen LogP contribution in [-0.2, 0) is 4.74 Å². The summed E-state index contributed by atoms with van der Waals surface area (Å²) in [7, 11) is 1.31. The number of hydrogen-bond acceptors (Lipinski definition) is 4. The largest absolute Gasteiger partial charge is 0.478 e. The molecule has 0 amide bonds. The lowest BCUT2D eigenvalue weighted by Gasteiger charge is -2.28. The average molecular weight is 580 g/mol. The minimum absolute atomic E-state index is 0. The number of rotatable bonds is 5. The van der Waals surface area contributed by atoms with E-state index in [1.807, 2.05) is 13.0 Å². The van der Waals surface area contributed by atoms with Gasteiger partial charge in [0.1, 0.15) is 0 Å². The van der Waals surface area contributed by atoms with Crippen molar-refractivity contribution in [2.75, 3.05) is 7.11 Å². The SMILES string of the molecule is C.COC(=O)c1cc(C(=O)O)c(C)cc1C1CCC1.Cc1cc(C2CCC2)c(I)cc1C(=O)O. The van der Waals surface area contributed by atoms with E-state index in [0.717, 1.165) is 34.0 Å². The molecule has 2 aromatic rings. The van der Waals surface area contributed by atoms with Crippen LogP contribution in [-0.4, -0.2) is 35.2 Å². The second-order valence-electron chi connectivity index (χ2n) is 8.80. The number of benzene rings is 2. The number of hydrogen-bond donors (Lipinski definition) is 2. The monoisotopic (exact) mass is 580 g/mol. The van der Waals surface area contributed by atoms with E-state index in [4.69, 9.17) is 14.9 Å². The van der Waals surface area contributed by atoms with Crippen molar-refractivity contribution in [3.63, 3.8) is 0 Å². The molecule has 0 heterocycles. The smallest absolute Gasteiger partial charge is 0.338 e. The number of carbonyl (C=O) groups excluding carboxylic acids is 1. The maximum Gasteiger partial charge on any atom is 0.338 e. The maximum absolute atomic E-state index is 11.7. The summed E-state index contributed by atoms with van der Waals surface area (Å²) in [6.07, 6.45) is 7.07. The van der Waals surface area contributed by atoms with E-state index in [1.54, 1.807) is 13.0 Å². The number of aromatic carboxylic acids is 2. The predicted octanol–water partition coefficient (Wildman–Crippen LogP) is 6.95. The highest BCUT2D eigenvalue weighted by atomic mass is 127. The van der Waals surface area contributed by atoms with Crippen molar-refractivity contribution in [3.8, 4) is 0 Å². The molecule has 0 aromatic heterocycles. The summed E-state index contributed by atoms with van der Waals surface area (Å²) in [5, 5.41) is 18.1. The molecule has 2 N–H and O–H groups in total. The molecule has 0 saturated heterocycles. The van der Waals surface area contributed by atoms with Crippen LogP contribution in [0.15, 0.2) is 24.3 Å².